The fraction of sp³-hybridized carbons (Fsp3) is 0.214. The first-order valence-corrected chi connectivity index (χ1v) is 8.03. The second-order valence-corrected chi connectivity index (χ2v) is 7.04. The van der Waals surface area contributed by atoms with Crippen LogP contribution in [0.25, 0.3) is 0 Å². The van der Waals surface area contributed by atoms with Gasteiger partial charge in [-0.3, -0.25) is 4.98 Å². The summed E-state index contributed by atoms with van der Waals surface area (Å²) in [6.07, 6.45) is 3.44. The summed E-state index contributed by atoms with van der Waals surface area (Å²) in [5, 5.41) is 8.82. The summed E-state index contributed by atoms with van der Waals surface area (Å²) in [6, 6.07) is 9.75. The minimum atomic E-state index is -0.499. The van der Waals surface area contributed by atoms with Crippen LogP contribution in [0.2, 0.25) is 0 Å². The van der Waals surface area contributed by atoms with E-state index in [1.165, 1.54) is 0 Å². The summed E-state index contributed by atoms with van der Waals surface area (Å²) in [7, 11) is 0. The van der Waals surface area contributed by atoms with Gasteiger partial charge in [-0.05, 0) is 85.9 Å². The Morgan fingerprint density at radius 1 is 0.950 bits per heavy atom. The predicted octanol–water partition coefficient (Wildman–Crippen LogP) is 5.25. The molecule has 0 radical (unpaired) electrons. The van der Waals surface area contributed by atoms with Gasteiger partial charge in [0.2, 0.25) is 0 Å². The smallest absolute Gasteiger partial charge is 0.106 e. The van der Waals surface area contributed by atoms with Crippen molar-refractivity contribution in [1.82, 2.24) is 9.97 Å². The van der Waals surface area contributed by atoms with E-state index < -0.39 is 5.41 Å². The summed E-state index contributed by atoms with van der Waals surface area (Å²) >= 11 is 9.76. The van der Waals surface area contributed by atoms with Crippen molar-refractivity contribution in [2.24, 2.45) is 0 Å². The zero-order valence-corrected chi connectivity index (χ0v) is 15.7. The molecule has 20 heavy (non-hydrogen) atoms. The van der Waals surface area contributed by atoms with E-state index in [2.05, 4.69) is 63.8 Å². The van der Waals surface area contributed by atoms with Gasteiger partial charge in [-0.15, -0.1) is 0 Å². The maximum atomic E-state index is 8.82. The Kier molecular flexibility index (Phi) is 6.80. The van der Waals surface area contributed by atoms with Crippen LogP contribution in [0.15, 0.2) is 50.2 Å². The van der Waals surface area contributed by atoms with Crippen LogP contribution < -0.4 is 0 Å². The average Bonchev–Trinajstić information content (AvgIpc) is 2.43. The second-order valence-electron chi connectivity index (χ2n) is 4.40. The highest BCUT2D eigenvalue weighted by atomic mass is 79.9. The monoisotopic (exact) mass is 459 g/mol. The summed E-state index contributed by atoms with van der Waals surface area (Å²) in [6.45, 7) is 3.70. The highest BCUT2D eigenvalue weighted by Gasteiger charge is 2.20. The lowest BCUT2D eigenvalue weighted by molar-refractivity contribution is 0.659. The van der Waals surface area contributed by atoms with Crippen LogP contribution in [0.4, 0.5) is 0 Å². The molecule has 6 heteroatoms. The van der Waals surface area contributed by atoms with E-state index >= 15 is 0 Å². The van der Waals surface area contributed by atoms with Crippen LogP contribution in [0.1, 0.15) is 19.5 Å². The number of nitriles is 1. The Balaban J connectivity index is 0.000000217. The molecule has 0 fully saturated rings. The first-order chi connectivity index (χ1) is 9.35. The number of pyridine rings is 2. The van der Waals surface area contributed by atoms with Gasteiger partial charge in [-0.25, -0.2) is 4.98 Å². The third-order valence-electron chi connectivity index (χ3n) is 2.34. The molecule has 0 aliphatic rings. The maximum absolute atomic E-state index is 8.82. The van der Waals surface area contributed by atoms with Crippen LogP contribution in [-0.2, 0) is 5.41 Å². The molecule has 0 saturated carbocycles. The van der Waals surface area contributed by atoms with E-state index in [0.29, 0.717) is 0 Å². The highest BCUT2D eigenvalue weighted by Crippen LogP contribution is 2.20. The molecule has 0 bridgehead atoms. The minimum Gasteiger partial charge on any atom is -0.258 e. The first-order valence-electron chi connectivity index (χ1n) is 5.65. The topological polar surface area (TPSA) is 49.6 Å². The predicted molar refractivity (Wildman–Crippen MR) is 90.2 cm³/mol. The third-order valence-corrected chi connectivity index (χ3v) is 3.75. The Morgan fingerprint density at radius 3 is 1.85 bits per heavy atom. The van der Waals surface area contributed by atoms with Gasteiger partial charge in [-0.1, -0.05) is 0 Å². The molecule has 0 spiro atoms. The van der Waals surface area contributed by atoms with Crippen molar-refractivity contribution in [2.45, 2.75) is 19.3 Å². The van der Waals surface area contributed by atoms with Crippen molar-refractivity contribution in [2.75, 3.05) is 0 Å². The Morgan fingerprint density at radius 2 is 1.50 bits per heavy atom. The standard InChI is InChI=1S/C9H9BrN2.C5H3Br2N/c1-9(2,6-11)8-4-3-7(10)5-12-8;6-4-1-2-5(7)8-3-4/h3-5H,1-2H3;1-3H. The normalized spacial score (nSPS) is 10.2. The van der Waals surface area contributed by atoms with Crippen LogP contribution in [0.3, 0.4) is 0 Å². The molecule has 0 aliphatic heterocycles. The molecule has 0 saturated heterocycles. The quantitative estimate of drug-likeness (QED) is 0.545. The SMILES string of the molecule is Brc1ccc(Br)nc1.CC(C)(C#N)c1ccc(Br)cn1. The van der Waals surface area contributed by atoms with E-state index in [4.69, 9.17) is 5.26 Å². The van der Waals surface area contributed by atoms with Crippen LogP contribution in [0, 0.1) is 11.3 Å². The second kappa shape index (κ2) is 7.87. The molecule has 0 amide bonds. The molecule has 2 heterocycles. The fourth-order valence-corrected chi connectivity index (χ4v) is 1.86. The number of hydrogen-bond donors (Lipinski definition) is 0. The largest absolute Gasteiger partial charge is 0.258 e. The average molecular weight is 462 g/mol. The summed E-state index contributed by atoms with van der Waals surface area (Å²) in [4.78, 5) is 8.10. The van der Waals surface area contributed by atoms with Gasteiger partial charge in [0.25, 0.3) is 0 Å². The summed E-state index contributed by atoms with van der Waals surface area (Å²) < 4.78 is 2.79. The van der Waals surface area contributed by atoms with E-state index in [-0.39, 0.29) is 0 Å². The molecule has 104 valence electrons. The lowest BCUT2D eigenvalue weighted by atomic mass is 9.91. The van der Waals surface area contributed by atoms with Gasteiger partial charge in [-0.2, -0.15) is 5.26 Å². The molecular formula is C14H12Br3N3. The fourth-order valence-electron chi connectivity index (χ4n) is 1.16. The number of hydrogen-bond acceptors (Lipinski definition) is 3. The Hall–Kier alpha value is -0.770. The van der Waals surface area contributed by atoms with Gasteiger partial charge in [0, 0.05) is 21.3 Å². The minimum absolute atomic E-state index is 0.499. The molecule has 2 aromatic heterocycles. The van der Waals surface area contributed by atoms with E-state index in [9.17, 15) is 0 Å². The van der Waals surface area contributed by atoms with Gasteiger partial charge in [0.15, 0.2) is 0 Å². The first kappa shape index (κ1) is 17.3. The zero-order valence-electron chi connectivity index (χ0n) is 10.9. The Bertz CT molecular complexity index is 566. The van der Waals surface area contributed by atoms with Gasteiger partial charge in [0.05, 0.1) is 17.2 Å². The summed E-state index contributed by atoms with van der Waals surface area (Å²) in [5.41, 5.74) is 0.300. The van der Waals surface area contributed by atoms with Crippen molar-refractivity contribution in [3.8, 4) is 6.07 Å². The van der Waals surface area contributed by atoms with Crippen molar-refractivity contribution in [1.29, 1.82) is 5.26 Å². The molecular weight excluding hydrogens is 450 g/mol. The molecule has 0 N–H and O–H groups in total. The van der Waals surface area contributed by atoms with Crippen molar-refractivity contribution < 1.29 is 0 Å². The number of aromatic nitrogens is 2. The Labute approximate surface area is 143 Å². The van der Waals surface area contributed by atoms with Crippen molar-refractivity contribution >= 4 is 47.8 Å². The lowest BCUT2D eigenvalue weighted by Crippen LogP contribution is -2.15. The third kappa shape index (κ3) is 5.70. The number of halogens is 3. The highest BCUT2D eigenvalue weighted by molar-refractivity contribution is 9.11. The van der Waals surface area contributed by atoms with E-state index in [1.54, 1.807) is 12.4 Å². The van der Waals surface area contributed by atoms with E-state index in [0.717, 1.165) is 19.2 Å². The number of rotatable bonds is 1. The van der Waals surface area contributed by atoms with Gasteiger partial charge in [0.1, 0.15) is 4.60 Å². The van der Waals surface area contributed by atoms with Crippen LogP contribution in [-0.4, -0.2) is 9.97 Å². The lowest BCUT2D eigenvalue weighted by Gasteiger charge is -2.13. The molecule has 0 aliphatic carbocycles. The van der Waals surface area contributed by atoms with E-state index in [1.807, 2.05) is 38.1 Å². The van der Waals surface area contributed by atoms with Crippen LogP contribution >= 0.6 is 47.8 Å². The molecule has 0 unspecified atom stereocenters. The molecule has 0 aromatic carbocycles. The van der Waals surface area contributed by atoms with Crippen molar-refractivity contribution in [3.63, 3.8) is 0 Å². The van der Waals surface area contributed by atoms with Gasteiger partial charge >= 0.3 is 0 Å². The van der Waals surface area contributed by atoms with Crippen molar-refractivity contribution in [3.05, 3.63) is 55.9 Å². The van der Waals surface area contributed by atoms with Crippen LogP contribution in [0.5, 0.6) is 0 Å². The number of nitrogens with zero attached hydrogens (tertiary/aromatic N) is 3. The summed E-state index contributed by atoms with van der Waals surface area (Å²) in [5.74, 6) is 0. The molecule has 0 atom stereocenters. The van der Waals surface area contributed by atoms with Gasteiger partial charge < -0.3 is 0 Å². The zero-order chi connectivity index (χ0) is 15.2. The molecule has 3 nitrogen and oxygen atoms in total. The molecule has 2 aromatic rings. The maximum Gasteiger partial charge on any atom is 0.106 e. The molecule has 2 rings (SSSR count).